The fourth-order valence-electron chi connectivity index (χ4n) is 2.45. The molecule has 1 aromatic rings. The molecule has 0 saturated heterocycles. The molecule has 0 aliphatic heterocycles. The topological polar surface area (TPSA) is 17.1 Å². The number of carbonyl (C=O) groups is 1. The zero-order chi connectivity index (χ0) is 11.0. The van der Waals surface area contributed by atoms with E-state index in [9.17, 15) is 4.79 Å². The number of benzene rings is 1. The van der Waals surface area contributed by atoms with Crippen LogP contribution >= 0.6 is 0 Å². The molecule has 1 aliphatic rings. The van der Waals surface area contributed by atoms with Crippen molar-refractivity contribution in [2.45, 2.75) is 39.5 Å². The van der Waals surface area contributed by atoms with Crippen molar-refractivity contribution in [3.05, 3.63) is 34.9 Å². The van der Waals surface area contributed by atoms with Crippen LogP contribution in [0.4, 0.5) is 0 Å². The predicted molar refractivity (Wildman–Crippen MR) is 62.1 cm³/mol. The van der Waals surface area contributed by atoms with Crippen molar-refractivity contribution < 1.29 is 4.79 Å². The second-order valence-electron chi connectivity index (χ2n) is 4.74. The Morgan fingerprint density at radius 1 is 1.20 bits per heavy atom. The molecule has 1 saturated carbocycles. The van der Waals surface area contributed by atoms with Gasteiger partial charge >= 0.3 is 0 Å². The molecule has 2 atom stereocenters. The molecule has 0 amide bonds. The molecule has 0 radical (unpaired) electrons. The normalized spacial score (nSPS) is 25.9. The largest absolute Gasteiger partial charge is 0.299 e. The molecular weight excluding hydrogens is 184 g/mol. The lowest BCUT2D eigenvalue weighted by atomic mass is 9.88. The number of hydrogen-bond acceptors (Lipinski definition) is 1. The van der Waals surface area contributed by atoms with Crippen LogP contribution in [0.3, 0.4) is 0 Å². The highest BCUT2D eigenvalue weighted by molar-refractivity contribution is 5.84. The summed E-state index contributed by atoms with van der Waals surface area (Å²) in [6.07, 6.45) is 1.79. The van der Waals surface area contributed by atoms with Gasteiger partial charge in [0.15, 0.2) is 0 Å². The summed E-state index contributed by atoms with van der Waals surface area (Å²) in [6, 6.07) is 6.59. The molecule has 0 N–H and O–H groups in total. The van der Waals surface area contributed by atoms with E-state index in [2.05, 4.69) is 39.0 Å². The summed E-state index contributed by atoms with van der Waals surface area (Å²) in [5.74, 6) is 1.10. The molecule has 0 heterocycles. The van der Waals surface area contributed by atoms with Crippen LogP contribution in [-0.2, 0) is 4.79 Å². The van der Waals surface area contributed by atoms with E-state index in [0.29, 0.717) is 11.7 Å². The maximum atomic E-state index is 11.5. The first-order chi connectivity index (χ1) is 7.09. The van der Waals surface area contributed by atoms with Crippen molar-refractivity contribution in [3.63, 3.8) is 0 Å². The van der Waals surface area contributed by atoms with Crippen molar-refractivity contribution in [2.24, 2.45) is 5.92 Å². The minimum Gasteiger partial charge on any atom is -0.299 e. The van der Waals surface area contributed by atoms with Crippen LogP contribution in [0.15, 0.2) is 18.2 Å². The first kappa shape index (κ1) is 10.4. The summed E-state index contributed by atoms with van der Waals surface area (Å²) in [7, 11) is 0. The maximum absolute atomic E-state index is 11.5. The van der Waals surface area contributed by atoms with Gasteiger partial charge in [-0.15, -0.1) is 0 Å². The second kappa shape index (κ2) is 3.80. The third-order valence-electron chi connectivity index (χ3n) is 3.77. The lowest BCUT2D eigenvalue weighted by molar-refractivity contribution is -0.120. The van der Waals surface area contributed by atoms with E-state index >= 15 is 0 Å². The van der Waals surface area contributed by atoms with Crippen molar-refractivity contribution in [2.75, 3.05) is 0 Å². The lowest BCUT2D eigenvalue weighted by Gasteiger charge is -2.15. The molecule has 80 valence electrons. The quantitative estimate of drug-likeness (QED) is 0.682. The Morgan fingerprint density at radius 3 is 2.47 bits per heavy atom. The van der Waals surface area contributed by atoms with Gasteiger partial charge in [-0.3, -0.25) is 4.79 Å². The zero-order valence-corrected chi connectivity index (χ0v) is 9.71. The average Bonchev–Trinajstić information content (AvgIpc) is 2.53. The molecule has 2 rings (SSSR count). The molecular formula is C14H18O. The van der Waals surface area contributed by atoms with Gasteiger partial charge in [0.05, 0.1) is 0 Å². The second-order valence-corrected chi connectivity index (χ2v) is 4.74. The van der Waals surface area contributed by atoms with Crippen LogP contribution in [-0.4, -0.2) is 5.78 Å². The van der Waals surface area contributed by atoms with E-state index in [1.165, 1.54) is 16.7 Å². The monoisotopic (exact) mass is 202 g/mol. The summed E-state index contributed by atoms with van der Waals surface area (Å²) in [5, 5.41) is 0. The van der Waals surface area contributed by atoms with Gasteiger partial charge in [-0.2, -0.15) is 0 Å². The van der Waals surface area contributed by atoms with Crippen LogP contribution in [0.25, 0.3) is 0 Å². The standard InChI is InChI=1S/C14H18O/c1-9-4-5-12(8-10(9)2)13-6-7-14(15)11(13)3/h4-5,8,11,13H,6-7H2,1-3H3. The van der Waals surface area contributed by atoms with Gasteiger partial charge in [-0.25, -0.2) is 0 Å². The van der Waals surface area contributed by atoms with Crippen LogP contribution in [0.1, 0.15) is 42.4 Å². The highest BCUT2D eigenvalue weighted by atomic mass is 16.1. The number of rotatable bonds is 1. The molecule has 2 unspecified atom stereocenters. The smallest absolute Gasteiger partial charge is 0.136 e. The van der Waals surface area contributed by atoms with E-state index in [1.807, 2.05) is 0 Å². The van der Waals surface area contributed by atoms with E-state index in [0.717, 1.165) is 12.8 Å². The van der Waals surface area contributed by atoms with Crippen molar-refractivity contribution in [1.29, 1.82) is 0 Å². The van der Waals surface area contributed by atoms with E-state index in [-0.39, 0.29) is 5.92 Å². The Kier molecular flexibility index (Phi) is 2.64. The first-order valence-corrected chi connectivity index (χ1v) is 5.69. The van der Waals surface area contributed by atoms with Gasteiger partial charge in [-0.1, -0.05) is 25.1 Å². The molecule has 1 heteroatoms. The van der Waals surface area contributed by atoms with E-state index in [4.69, 9.17) is 0 Å². The molecule has 1 aromatic carbocycles. The molecule has 0 aromatic heterocycles. The first-order valence-electron chi connectivity index (χ1n) is 5.69. The van der Waals surface area contributed by atoms with Gasteiger partial charge in [0.25, 0.3) is 0 Å². The Labute approximate surface area is 91.5 Å². The van der Waals surface area contributed by atoms with Gasteiger partial charge in [-0.05, 0) is 42.9 Å². The maximum Gasteiger partial charge on any atom is 0.136 e. The van der Waals surface area contributed by atoms with Crippen molar-refractivity contribution >= 4 is 5.78 Å². The number of Topliss-reactive ketones (excluding diaryl/α,β-unsaturated/α-hetero) is 1. The molecule has 1 fully saturated rings. The molecule has 1 aliphatic carbocycles. The molecule has 0 spiro atoms. The fourth-order valence-corrected chi connectivity index (χ4v) is 2.45. The average molecular weight is 202 g/mol. The van der Waals surface area contributed by atoms with Gasteiger partial charge in [0, 0.05) is 12.3 Å². The predicted octanol–water partition coefficient (Wildman–Crippen LogP) is 3.39. The van der Waals surface area contributed by atoms with Gasteiger partial charge < -0.3 is 0 Å². The van der Waals surface area contributed by atoms with E-state index < -0.39 is 0 Å². The van der Waals surface area contributed by atoms with Gasteiger partial charge in [0.2, 0.25) is 0 Å². The third-order valence-corrected chi connectivity index (χ3v) is 3.77. The highest BCUT2D eigenvalue weighted by Gasteiger charge is 2.31. The van der Waals surface area contributed by atoms with Crippen molar-refractivity contribution in [3.8, 4) is 0 Å². The number of ketones is 1. The fraction of sp³-hybridized carbons (Fsp3) is 0.500. The zero-order valence-electron chi connectivity index (χ0n) is 9.71. The molecule has 1 nitrogen and oxygen atoms in total. The lowest BCUT2D eigenvalue weighted by Crippen LogP contribution is -2.09. The van der Waals surface area contributed by atoms with Gasteiger partial charge in [0.1, 0.15) is 5.78 Å². The SMILES string of the molecule is Cc1ccc(C2CCC(=O)C2C)cc1C. The number of hydrogen-bond donors (Lipinski definition) is 0. The Bertz CT molecular complexity index is 392. The molecule has 0 bridgehead atoms. The number of carbonyl (C=O) groups excluding carboxylic acids is 1. The Balaban J connectivity index is 2.30. The summed E-state index contributed by atoms with van der Waals surface area (Å²) in [5.41, 5.74) is 4.01. The highest BCUT2D eigenvalue weighted by Crippen LogP contribution is 2.37. The summed E-state index contributed by atoms with van der Waals surface area (Å²) >= 11 is 0. The van der Waals surface area contributed by atoms with E-state index in [1.54, 1.807) is 0 Å². The minimum absolute atomic E-state index is 0.215. The van der Waals surface area contributed by atoms with Crippen LogP contribution in [0.2, 0.25) is 0 Å². The summed E-state index contributed by atoms with van der Waals surface area (Å²) in [4.78, 5) is 11.5. The minimum atomic E-state index is 0.215. The summed E-state index contributed by atoms with van der Waals surface area (Å²) < 4.78 is 0. The Hall–Kier alpha value is -1.11. The Morgan fingerprint density at radius 2 is 1.93 bits per heavy atom. The van der Waals surface area contributed by atoms with Crippen LogP contribution < -0.4 is 0 Å². The number of aryl methyl sites for hydroxylation is 2. The molecule has 15 heavy (non-hydrogen) atoms. The van der Waals surface area contributed by atoms with Crippen molar-refractivity contribution in [1.82, 2.24) is 0 Å². The summed E-state index contributed by atoms with van der Waals surface area (Å²) in [6.45, 7) is 6.33. The van der Waals surface area contributed by atoms with Crippen LogP contribution in [0.5, 0.6) is 0 Å². The van der Waals surface area contributed by atoms with Crippen LogP contribution in [0, 0.1) is 19.8 Å². The third kappa shape index (κ3) is 1.83.